The standard InChI is InChI=1S/C37H43N3O5/c1-7-37(5,6)40(34(43)31(39-35(44)45-36(2,3)4)23-25-17-21-30(41)22-18-25)32(27-14-9-8-10-15-27)33(42)38-29-20-19-26-13-11-12-16-28(26)24-29/h8-22,24,31-32,41H,7,23H2,1-6H3,(H,38,42)(H,39,44). The van der Waals surface area contributed by atoms with Crippen LogP contribution in [0.2, 0.25) is 0 Å². The Bertz CT molecular complexity index is 1630. The van der Waals surface area contributed by atoms with Crippen LogP contribution in [0.15, 0.2) is 97.1 Å². The summed E-state index contributed by atoms with van der Waals surface area (Å²) in [5.41, 5.74) is 0.361. The third-order valence-corrected chi connectivity index (χ3v) is 7.76. The van der Waals surface area contributed by atoms with Gasteiger partial charge in [-0.25, -0.2) is 4.79 Å². The van der Waals surface area contributed by atoms with Crippen LogP contribution in [0.4, 0.5) is 10.5 Å². The monoisotopic (exact) mass is 609 g/mol. The van der Waals surface area contributed by atoms with Crippen molar-refractivity contribution >= 4 is 34.4 Å². The van der Waals surface area contributed by atoms with Gasteiger partial charge in [0.25, 0.3) is 5.91 Å². The van der Waals surface area contributed by atoms with E-state index in [2.05, 4.69) is 10.6 Å². The first-order chi connectivity index (χ1) is 21.3. The van der Waals surface area contributed by atoms with Gasteiger partial charge in [-0.3, -0.25) is 9.59 Å². The first kappa shape index (κ1) is 33.1. The Morgan fingerprint density at radius 3 is 2.07 bits per heavy atom. The lowest BCUT2D eigenvalue weighted by Gasteiger charge is -2.44. The van der Waals surface area contributed by atoms with Gasteiger partial charge in [0.05, 0.1) is 0 Å². The van der Waals surface area contributed by atoms with E-state index in [1.54, 1.807) is 37.8 Å². The molecule has 0 heterocycles. The number of fused-ring (bicyclic) bond motifs is 1. The molecule has 0 aliphatic rings. The van der Waals surface area contributed by atoms with Gasteiger partial charge in [0.2, 0.25) is 5.91 Å². The van der Waals surface area contributed by atoms with Crippen LogP contribution in [0.1, 0.15) is 65.1 Å². The molecule has 0 saturated heterocycles. The number of aromatic hydroxyl groups is 1. The number of rotatable bonds is 10. The number of carbonyl (C=O) groups is 3. The maximum atomic E-state index is 14.8. The summed E-state index contributed by atoms with van der Waals surface area (Å²) in [5, 5.41) is 17.7. The Kier molecular flexibility index (Phi) is 10.2. The van der Waals surface area contributed by atoms with Gasteiger partial charge in [0.15, 0.2) is 0 Å². The first-order valence-electron chi connectivity index (χ1n) is 15.2. The number of amides is 3. The maximum absolute atomic E-state index is 14.8. The Labute approximate surface area is 265 Å². The summed E-state index contributed by atoms with van der Waals surface area (Å²) >= 11 is 0. The molecule has 0 spiro atoms. The van der Waals surface area contributed by atoms with E-state index in [1.807, 2.05) is 93.6 Å². The molecule has 0 aliphatic heterocycles. The lowest BCUT2D eigenvalue weighted by Crippen LogP contribution is -2.59. The molecule has 0 aromatic heterocycles. The number of phenols is 1. The predicted octanol–water partition coefficient (Wildman–Crippen LogP) is 7.38. The van der Waals surface area contributed by atoms with Crippen molar-refractivity contribution in [2.75, 3.05) is 5.32 Å². The zero-order chi connectivity index (χ0) is 32.8. The van der Waals surface area contributed by atoms with E-state index in [0.29, 0.717) is 23.2 Å². The number of nitrogens with zero attached hydrogens (tertiary/aromatic N) is 1. The third kappa shape index (κ3) is 8.62. The largest absolute Gasteiger partial charge is 0.508 e. The van der Waals surface area contributed by atoms with E-state index >= 15 is 0 Å². The fourth-order valence-corrected chi connectivity index (χ4v) is 5.16. The number of nitrogens with one attached hydrogen (secondary N) is 2. The zero-order valence-corrected chi connectivity index (χ0v) is 26.8. The van der Waals surface area contributed by atoms with Crippen LogP contribution < -0.4 is 10.6 Å². The zero-order valence-electron chi connectivity index (χ0n) is 26.8. The number of benzene rings is 4. The van der Waals surface area contributed by atoms with Crippen molar-refractivity contribution < 1.29 is 24.2 Å². The fourth-order valence-electron chi connectivity index (χ4n) is 5.16. The minimum absolute atomic E-state index is 0.0879. The van der Waals surface area contributed by atoms with Crippen molar-refractivity contribution in [3.05, 3.63) is 108 Å². The Hall–Kier alpha value is -4.85. The van der Waals surface area contributed by atoms with Crippen molar-refractivity contribution in [2.45, 2.75) is 77.6 Å². The van der Waals surface area contributed by atoms with Gasteiger partial charge in [0.1, 0.15) is 23.4 Å². The highest BCUT2D eigenvalue weighted by atomic mass is 16.6. The average molecular weight is 610 g/mol. The molecule has 0 saturated carbocycles. The van der Waals surface area contributed by atoms with Gasteiger partial charge in [-0.2, -0.15) is 0 Å². The van der Waals surface area contributed by atoms with E-state index < -0.39 is 35.2 Å². The Morgan fingerprint density at radius 1 is 0.822 bits per heavy atom. The quantitative estimate of drug-likeness (QED) is 0.174. The fraction of sp³-hybridized carbons (Fsp3) is 0.324. The molecule has 8 nitrogen and oxygen atoms in total. The van der Waals surface area contributed by atoms with Crippen LogP contribution in [0.3, 0.4) is 0 Å². The maximum Gasteiger partial charge on any atom is 0.408 e. The van der Waals surface area contributed by atoms with Crippen molar-refractivity contribution in [3.8, 4) is 5.75 Å². The third-order valence-electron chi connectivity index (χ3n) is 7.76. The summed E-state index contributed by atoms with van der Waals surface area (Å²) in [6, 6.07) is 27.1. The number of alkyl carbamates (subject to hydrolysis) is 1. The van der Waals surface area contributed by atoms with Crippen LogP contribution in [0.25, 0.3) is 10.8 Å². The van der Waals surface area contributed by atoms with Crippen molar-refractivity contribution in [1.29, 1.82) is 0 Å². The van der Waals surface area contributed by atoms with E-state index in [-0.39, 0.29) is 18.1 Å². The average Bonchev–Trinajstić information content (AvgIpc) is 2.99. The molecule has 8 heteroatoms. The molecule has 2 unspecified atom stereocenters. The molecule has 4 aromatic carbocycles. The summed E-state index contributed by atoms with van der Waals surface area (Å²) in [6.07, 6.45) is -0.0997. The second kappa shape index (κ2) is 13.8. The molecule has 0 bridgehead atoms. The van der Waals surface area contributed by atoms with Gasteiger partial charge >= 0.3 is 6.09 Å². The van der Waals surface area contributed by atoms with Crippen molar-refractivity contribution in [1.82, 2.24) is 10.2 Å². The Balaban J connectivity index is 1.78. The van der Waals surface area contributed by atoms with E-state index in [9.17, 15) is 19.5 Å². The van der Waals surface area contributed by atoms with Crippen LogP contribution >= 0.6 is 0 Å². The number of carbonyl (C=O) groups excluding carboxylic acids is 3. The second-order valence-corrected chi connectivity index (χ2v) is 12.8. The van der Waals surface area contributed by atoms with E-state index in [0.717, 1.165) is 10.8 Å². The normalized spacial score (nSPS) is 13.0. The molecule has 3 amide bonds. The molecule has 0 aliphatic carbocycles. The predicted molar refractivity (Wildman–Crippen MR) is 178 cm³/mol. The van der Waals surface area contributed by atoms with Crippen LogP contribution in [-0.2, 0) is 20.7 Å². The second-order valence-electron chi connectivity index (χ2n) is 12.8. The summed E-state index contributed by atoms with van der Waals surface area (Å²) < 4.78 is 5.53. The van der Waals surface area contributed by atoms with Gasteiger partial charge in [-0.1, -0.05) is 79.7 Å². The molecule has 45 heavy (non-hydrogen) atoms. The number of phenolic OH excluding ortho intramolecular Hbond substituents is 1. The summed E-state index contributed by atoms with van der Waals surface area (Å²) in [4.78, 5) is 43.8. The highest BCUT2D eigenvalue weighted by molar-refractivity contribution is 6.00. The highest BCUT2D eigenvalue weighted by Gasteiger charge is 2.43. The minimum Gasteiger partial charge on any atom is -0.508 e. The number of anilines is 1. The van der Waals surface area contributed by atoms with Crippen molar-refractivity contribution in [2.24, 2.45) is 0 Å². The molecule has 236 valence electrons. The van der Waals surface area contributed by atoms with Gasteiger partial charge in [-0.15, -0.1) is 0 Å². The highest BCUT2D eigenvalue weighted by Crippen LogP contribution is 2.34. The first-order valence-corrected chi connectivity index (χ1v) is 15.2. The lowest BCUT2D eigenvalue weighted by atomic mass is 9.91. The number of ether oxygens (including phenoxy) is 1. The molecule has 2 atom stereocenters. The van der Waals surface area contributed by atoms with E-state index in [1.165, 1.54) is 12.1 Å². The van der Waals surface area contributed by atoms with Gasteiger partial charge < -0.3 is 25.4 Å². The number of hydrogen-bond acceptors (Lipinski definition) is 5. The summed E-state index contributed by atoms with van der Waals surface area (Å²) in [5.74, 6) is -0.736. The topological polar surface area (TPSA) is 108 Å². The SMILES string of the molecule is CCC(C)(C)N(C(=O)C(Cc1ccc(O)cc1)NC(=O)OC(C)(C)C)C(C(=O)Nc1ccc2ccccc2c1)c1ccccc1. The molecule has 0 radical (unpaired) electrons. The molecule has 4 aromatic rings. The molecular formula is C37H43N3O5. The summed E-state index contributed by atoms with van der Waals surface area (Å²) in [6.45, 7) is 11.0. The minimum atomic E-state index is -1.07. The molecule has 0 fully saturated rings. The van der Waals surface area contributed by atoms with Crippen molar-refractivity contribution in [3.63, 3.8) is 0 Å². The van der Waals surface area contributed by atoms with Crippen LogP contribution in [0.5, 0.6) is 5.75 Å². The summed E-state index contributed by atoms with van der Waals surface area (Å²) in [7, 11) is 0. The van der Waals surface area contributed by atoms with Crippen LogP contribution in [0, 0.1) is 0 Å². The van der Waals surface area contributed by atoms with Gasteiger partial charge in [-0.05, 0) is 87.2 Å². The van der Waals surface area contributed by atoms with Gasteiger partial charge in [0, 0.05) is 17.6 Å². The smallest absolute Gasteiger partial charge is 0.408 e. The molecule has 3 N–H and O–H groups in total. The number of hydrogen-bond donors (Lipinski definition) is 3. The molecular weight excluding hydrogens is 566 g/mol. The molecule has 4 rings (SSSR count). The van der Waals surface area contributed by atoms with Crippen LogP contribution in [-0.4, -0.2) is 45.1 Å². The van der Waals surface area contributed by atoms with E-state index in [4.69, 9.17) is 4.74 Å². The Morgan fingerprint density at radius 2 is 1.44 bits per heavy atom. The lowest BCUT2D eigenvalue weighted by molar-refractivity contribution is -0.147.